The molecule has 0 aliphatic carbocycles. The minimum absolute atomic E-state index is 0.0381. The van der Waals surface area contributed by atoms with Gasteiger partial charge in [0.05, 0.1) is 0 Å². The van der Waals surface area contributed by atoms with Gasteiger partial charge < -0.3 is 10.6 Å². The minimum Gasteiger partial charge on any atom is -0.368 e. The van der Waals surface area contributed by atoms with E-state index in [9.17, 15) is 9.59 Å². The van der Waals surface area contributed by atoms with Crippen molar-refractivity contribution in [2.45, 2.75) is 33.2 Å². The van der Waals surface area contributed by atoms with E-state index in [1.165, 1.54) is 4.90 Å². The van der Waals surface area contributed by atoms with Crippen LogP contribution < -0.4 is 5.73 Å². The van der Waals surface area contributed by atoms with Crippen molar-refractivity contribution in [3.63, 3.8) is 0 Å². The molecule has 0 aliphatic heterocycles. The molecule has 0 radical (unpaired) electrons. The molecule has 12 heavy (non-hydrogen) atoms. The summed E-state index contributed by atoms with van der Waals surface area (Å²) < 4.78 is 0. The fraction of sp³-hybridized carbons (Fsp3) is 0.750. The third kappa shape index (κ3) is 2.53. The van der Waals surface area contributed by atoms with Gasteiger partial charge >= 0.3 is 0 Å². The van der Waals surface area contributed by atoms with E-state index in [4.69, 9.17) is 5.73 Å². The van der Waals surface area contributed by atoms with E-state index in [0.29, 0.717) is 13.0 Å². The van der Waals surface area contributed by atoms with Crippen molar-refractivity contribution in [1.82, 2.24) is 4.90 Å². The summed E-state index contributed by atoms with van der Waals surface area (Å²) in [6.45, 7) is 5.75. The van der Waals surface area contributed by atoms with Crippen LogP contribution in [0.3, 0.4) is 0 Å². The van der Waals surface area contributed by atoms with Crippen LogP contribution in [0.1, 0.15) is 27.2 Å². The van der Waals surface area contributed by atoms with Gasteiger partial charge in [0, 0.05) is 13.0 Å². The van der Waals surface area contributed by atoms with Gasteiger partial charge in [-0.05, 0) is 13.8 Å². The van der Waals surface area contributed by atoms with E-state index in [-0.39, 0.29) is 5.91 Å². The molecule has 0 fully saturated rings. The number of rotatable bonds is 4. The average molecular weight is 172 g/mol. The topological polar surface area (TPSA) is 63.4 Å². The van der Waals surface area contributed by atoms with Crippen molar-refractivity contribution in [2.24, 2.45) is 5.73 Å². The monoisotopic (exact) mass is 172 g/mol. The van der Waals surface area contributed by atoms with E-state index in [1.807, 2.05) is 6.92 Å². The Balaban J connectivity index is 4.33. The van der Waals surface area contributed by atoms with E-state index in [0.717, 1.165) is 0 Å². The van der Waals surface area contributed by atoms with Gasteiger partial charge in [0.2, 0.25) is 11.8 Å². The van der Waals surface area contributed by atoms with Gasteiger partial charge in [0.1, 0.15) is 6.04 Å². The third-order valence-corrected chi connectivity index (χ3v) is 1.84. The van der Waals surface area contributed by atoms with Crippen LogP contribution in [0.4, 0.5) is 0 Å². The van der Waals surface area contributed by atoms with E-state index in [1.54, 1.807) is 13.8 Å². The zero-order chi connectivity index (χ0) is 9.72. The molecule has 0 rings (SSSR count). The molecular formula is C8H16N2O2. The molecule has 0 aromatic rings. The number of carbonyl (C=O) groups is 2. The first-order valence-electron chi connectivity index (χ1n) is 4.13. The van der Waals surface area contributed by atoms with Gasteiger partial charge in [-0.25, -0.2) is 0 Å². The number of likely N-dealkylation sites (N-methyl/N-ethyl adjacent to an activating group) is 1. The van der Waals surface area contributed by atoms with Crippen molar-refractivity contribution in [3.05, 3.63) is 0 Å². The lowest BCUT2D eigenvalue weighted by atomic mass is 10.2. The summed E-state index contributed by atoms with van der Waals surface area (Å²) in [4.78, 5) is 23.4. The first-order valence-corrected chi connectivity index (χ1v) is 4.13. The summed E-state index contributed by atoms with van der Waals surface area (Å²) in [5.41, 5.74) is 5.07. The molecule has 4 heteroatoms. The highest BCUT2D eigenvalue weighted by Crippen LogP contribution is 2.00. The average Bonchev–Trinajstić information content (AvgIpc) is 2.05. The van der Waals surface area contributed by atoms with Crippen LogP contribution >= 0.6 is 0 Å². The molecule has 2 N–H and O–H groups in total. The maximum absolute atomic E-state index is 11.2. The summed E-state index contributed by atoms with van der Waals surface area (Å²) in [7, 11) is 0. The number of nitrogens with zero attached hydrogens (tertiary/aromatic N) is 1. The summed E-state index contributed by atoms with van der Waals surface area (Å²) >= 11 is 0. The molecule has 70 valence electrons. The molecule has 2 amide bonds. The normalized spacial score (nSPS) is 12.2. The fourth-order valence-electron chi connectivity index (χ4n) is 1.02. The van der Waals surface area contributed by atoms with E-state index < -0.39 is 11.9 Å². The van der Waals surface area contributed by atoms with Crippen LogP contribution in [0.15, 0.2) is 0 Å². The van der Waals surface area contributed by atoms with Crippen LogP contribution in [0.2, 0.25) is 0 Å². The first kappa shape index (κ1) is 10.9. The lowest BCUT2D eigenvalue weighted by Gasteiger charge is -2.25. The molecule has 1 unspecified atom stereocenters. The molecule has 0 saturated heterocycles. The molecule has 0 heterocycles. The van der Waals surface area contributed by atoms with Gasteiger partial charge in [0.25, 0.3) is 0 Å². The Morgan fingerprint density at radius 1 is 1.42 bits per heavy atom. The van der Waals surface area contributed by atoms with Crippen LogP contribution in [0.5, 0.6) is 0 Å². The van der Waals surface area contributed by atoms with Gasteiger partial charge in [-0.1, -0.05) is 6.92 Å². The molecule has 0 bridgehead atoms. The maximum Gasteiger partial charge on any atom is 0.239 e. The van der Waals surface area contributed by atoms with Crippen LogP contribution in [-0.2, 0) is 9.59 Å². The molecule has 0 saturated carbocycles. The maximum atomic E-state index is 11.2. The van der Waals surface area contributed by atoms with Gasteiger partial charge in [-0.15, -0.1) is 0 Å². The highest BCUT2D eigenvalue weighted by atomic mass is 16.2. The predicted molar refractivity (Wildman–Crippen MR) is 46.3 cm³/mol. The fourth-order valence-corrected chi connectivity index (χ4v) is 1.02. The molecule has 4 nitrogen and oxygen atoms in total. The minimum atomic E-state index is -0.498. The standard InChI is InChI=1S/C8H16N2O2/c1-4-7(11)10(5-2)6(3)8(9)12/h6H,4-5H2,1-3H3,(H2,9,12). The summed E-state index contributed by atoms with van der Waals surface area (Å²) in [6, 6.07) is -0.498. The smallest absolute Gasteiger partial charge is 0.239 e. The summed E-state index contributed by atoms with van der Waals surface area (Å²) in [5.74, 6) is -0.498. The van der Waals surface area contributed by atoms with Crippen LogP contribution in [-0.4, -0.2) is 29.3 Å². The van der Waals surface area contributed by atoms with Crippen molar-refractivity contribution in [2.75, 3.05) is 6.54 Å². The van der Waals surface area contributed by atoms with Gasteiger partial charge in [0.15, 0.2) is 0 Å². The van der Waals surface area contributed by atoms with Gasteiger partial charge in [-0.2, -0.15) is 0 Å². The zero-order valence-corrected chi connectivity index (χ0v) is 7.83. The summed E-state index contributed by atoms with van der Waals surface area (Å²) in [5, 5.41) is 0. The Kier molecular flexibility index (Phi) is 4.33. The Morgan fingerprint density at radius 3 is 2.17 bits per heavy atom. The molecule has 0 aromatic carbocycles. The molecule has 0 aliphatic rings. The highest BCUT2D eigenvalue weighted by molar-refractivity contribution is 5.86. The predicted octanol–water partition coefficient (Wildman–Crippen LogP) is 0.119. The highest BCUT2D eigenvalue weighted by Gasteiger charge is 2.20. The molecular weight excluding hydrogens is 156 g/mol. The van der Waals surface area contributed by atoms with Gasteiger partial charge in [-0.3, -0.25) is 9.59 Å². The second-order valence-corrected chi connectivity index (χ2v) is 2.61. The molecule has 0 aromatic heterocycles. The number of carbonyl (C=O) groups excluding carboxylic acids is 2. The number of nitrogens with two attached hydrogens (primary N) is 1. The summed E-state index contributed by atoms with van der Waals surface area (Å²) in [6.07, 6.45) is 0.408. The second-order valence-electron chi connectivity index (χ2n) is 2.61. The van der Waals surface area contributed by atoms with Crippen molar-refractivity contribution in [1.29, 1.82) is 0 Å². The van der Waals surface area contributed by atoms with Crippen molar-refractivity contribution >= 4 is 11.8 Å². The SMILES string of the molecule is CCC(=O)N(CC)C(C)C(N)=O. The third-order valence-electron chi connectivity index (χ3n) is 1.84. The lowest BCUT2D eigenvalue weighted by Crippen LogP contribution is -2.45. The lowest BCUT2D eigenvalue weighted by molar-refractivity contribution is -0.138. The number of amides is 2. The number of hydrogen-bond donors (Lipinski definition) is 1. The molecule has 1 atom stereocenters. The van der Waals surface area contributed by atoms with Crippen molar-refractivity contribution in [3.8, 4) is 0 Å². The Labute approximate surface area is 72.7 Å². The molecule has 0 spiro atoms. The van der Waals surface area contributed by atoms with Crippen LogP contribution in [0.25, 0.3) is 0 Å². The van der Waals surface area contributed by atoms with Crippen LogP contribution in [0, 0.1) is 0 Å². The number of primary amides is 1. The van der Waals surface area contributed by atoms with Crippen molar-refractivity contribution < 1.29 is 9.59 Å². The zero-order valence-electron chi connectivity index (χ0n) is 7.83. The second kappa shape index (κ2) is 4.74. The Morgan fingerprint density at radius 2 is 1.92 bits per heavy atom. The van der Waals surface area contributed by atoms with E-state index >= 15 is 0 Å². The number of hydrogen-bond acceptors (Lipinski definition) is 2. The Bertz CT molecular complexity index is 180. The van der Waals surface area contributed by atoms with E-state index in [2.05, 4.69) is 0 Å². The largest absolute Gasteiger partial charge is 0.368 e. The quantitative estimate of drug-likeness (QED) is 0.654. The Hall–Kier alpha value is -1.06. The first-order chi connectivity index (χ1) is 5.54.